The summed E-state index contributed by atoms with van der Waals surface area (Å²) in [4.78, 5) is 4.44. The fourth-order valence-corrected chi connectivity index (χ4v) is 1.32. The van der Waals surface area contributed by atoms with Crippen molar-refractivity contribution in [3.05, 3.63) is 41.2 Å². The molecule has 0 aromatic carbocycles. The van der Waals surface area contributed by atoms with E-state index in [2.05, 4.69) is 35.4 Å². The van der Waals surface area contributed by atoms with Gasteiger partial charge in [0.1, 0.15) is 0 Å². The Kier molecular flexibility index (Phi) is 4.11. The van der Waals surface area contributed by atoms with E-state index in [0.29, 0.717) is 0 Å². The number of aromatic nitrogens is 1. The largest absolute Gasteiger partial charge is 0.253 e. The molecule has 74 valence electrons. The average molecular weight is 187 g/mol. The molecule has 1 aliphatic carbocycles. The maximum absolute atomic E-state index is 4.44. The first-order valence-corrected chi connectivity index (χ1v) is 5.17. The van der Waals surface area contributed by atoms with E-state index in [1.807, 2.05) is 26.8 Å². The van der Waals surface area contributed by atoms with Gasteiger partial charge in [-0.05, 0) is 31.1 Å². The van der Waals surface area contributed by atoms with Crippen LogP contribution in [0.25, 0.3) is 12.2 Å². The van der Waals surface area contributed by atoms with Crippen molar-refractivity contribution in [1.82, 2.24) is 4.98 Å². The molecule has 0 N–H and O–H groups in total. The number of hydrogen-bond donors (Lipinski definition) is 0. The number of hydrogen-bond acceptors (Lipinski definition) is 1. The summed E-state index contributed by atoms with van der Waals surface area (Å²) in [6.45, 7) is 6.02. The highest BCUT2D eigenvalue weighted by Crippen LogP contribution is 2.15. The fourth-order valence-electron chi connectivity index (χ4n) is 1.32. The third-order valence-corrected chi connectivity index (χ3v) is 1.94. The number of pyridine rings is 1. The van der Waals surface area contributed by atoms with Crippen LogP contribution in [0.2, 0.25) is 0 Å². The molecule has 1 aliphatic rings. The zero-order valence-electron chi connectivity index (χ0n) is 9.12. The van der Waals surface area contributed by atoms with Crippen LogP contribution in [-0.4, -0.2) is 4.98 Å². The van der Waals surface area contributed by atoms with Crippen LogP contribution in [0.4, 0.5) is 0 Å². The molecule has 0 bridgehead atoms. The molecule has 1 nitrogen and oxygen atoms in total. The lowest BCUT2D eigenvalue weighted by Gasteiger charge is -1.99. The lowest BCUT2D eigenvalue weighted by atomic mass is 10.2. The molecule has 2 rings (SSSR count). The SMILES string of the molecule is CC.Cc1ccc2c(n1)C=CCC=C2. The molecule has 0 saturated carbocycles. The van der Waals surface area contributed by atoms with Crippen LogP contribution in [0, 0.1) is 6.92 Å². The molecular formula is C13H17N. The zero-order chi connectivity index (χ0) is 10.4. The van der Waals surface area contributed by atoms with Gasteiger partial charge in [0.25, 0.3) is 0 Å². The van der Waals surface area contributed by atoms with Gasteiger partial charge in [-0.25, -0.2) is 0 Å². The summed E-state index contributed by atoms with van der Waals surface area (Å²) in [6, 6.07) is 4.16. The summed E-state index contributed by atoms with van der Waals surface area (Å²) in [6.07, 6.45) is 9.51. The minimum atomic E-state index is 1.01. The second kappa shape index (κ2) is 5.38. The van der Waals surface area contributed by atoms with E-state index in [1.54, 1.807) is 0 Å². The van der Waals surface area contributed by atoms with Crippen LogP contribution < -0.4 is 0 Å². The number of allylic oxidation sites excluding steroid dienone is 2. The van der Waals surface area contributed by atoms with Crippen LogP contribution in [0.3, 0.4) is 0 Å². The van der Waals surface area contributed by atoms with Crippen LogP contribution in [-0.2, 0) is 0 Å². The topological polar surface area (TPSA) is 12.9 Å². The van der Waals surface area contributed by atoms with Crippen molar-refractivity contribution >= 4 is 12.2 Å². The van der Waals surface area contributed by atoms with E-state index in [4.69, 9.17) is 0 Å². The van der Waals surface area contributed by atoms with Gasteiger partial charge in [-0.3, -0.25) is 4.98 Å². The van der Waals surface area contributed by atoms with Crippen LogP contribution >= 0.6 is 0 Å². The van der Waals surface area contributed by atoms with Crippen molar-refractivity contribution in [2.45, 2.75) is 27.2 Å². The highest BCUT2D eigenvalue weighted by molar-refractivity contribution is 5.64. The Bertz CT molecular complexity index is 348. The second-order valence-electron chi connectivity index (χ2n) is 2.97. The third-order valence-electron chi connectivity index (χ3n) is 1.94. The molecule has 0 fully saturated rings. The van der Waals surface area contributed by atoms with Gasteiger partial charge in [-0.15, -0.1) is 0 Å². The van der Waals surface area contributed by atoms with Crippen LogP contribution in [0.1, 0.15) is 37.2 Å². The predicted octanol–water partition coefficient (Wildman–Crippen LogP) is 3.85. The molecule has 0 amide bonds. The summed E-state index contributed by atoms with van der Waals surface area (Å²) >= 11 is 0. The van der Waals surface area contributed by atoms with E-state index in [9.17, 15) is 0 Å². The standard InChI is InChI=1S/C11H11N.C2H6/c1-9-7-8-10-5-3-2-4-6-11(10)12-9;1-2/h3-8H,2H2,1H3;1-2H3. The predicted molar refractivity (Wildman–Crippen MR) is 63.0 cm³/mol. The van der Waals surface area contributed by atoms with Crippen LogP contribution in [0.5, 0.6) is 0 Å². The van der Waals surface area contributed by atoms with Crippen LogP contribution in [0.15, 0.2) is 24.3 Å². The van der Waals surface area contributed by atoms with E-state index in [0.717, 1.165) is 17.8 Å². The summed E-state index contributed by atoms with van der Waals surface area (Å²) in [5, 5.41) is 0. The Hall–Kier alpha value is -1.37. The van der Waals surface area contributed by atoms with Gasteiger partial charge in [-0.2, -0.15) is 0 Å². The summed E-state index contributed by atoms with van der Waals surface area (Å²) in [5.74, 6) is 0. The van der Waals surface area contributed by atoms with Gasteiger partial charge in [0.2, 0.25) is 0 Å². The van der Waals surface area contributed by atoms with E-state index in [-0.39, 0.29) is 0 Å². The molecule has 0 spiro atoms. The highest BCUT2D eigenvalue weighted by atomic mass is 14.7. The summed E-state index contributed by atoms with van der Waals surface area (Å²) in [5.41, 5.74) is 3.38. The fraction of sp³-hybridized carbons (Fsp3) is 0.308. The van der Waals surface area contributed by atoms with Crippen molar-refractivity contribution in [1.29, 1.82) is 0 Å². The summed E-state index contributed by atoms with van der Waals surface area (Å²) in [7, 11) is 0. The molecule has 0 atom stereocenters. The Morgan fingerprint density at radius 3 is 2.57 bits per heavy atom. The van der Waals surface area contributed by atoms with Crippen molar-refractivity contribution in [2.24, 2.45) is 0 Å². The first kappa shape index (κ1) is 10.7. The minimum Gasteiger partial charge on any atom is -0.253 e. The van der Waals surface area contributed by atoms with Gasteiger partial charge in [0.05, 0.1) is 5.69 Å². The first-order chi connectivity index (χ1) is 6.86. The van der Waals surface area contributed by atoms with Gasteiger partial charge >= 0.3 is 0 Å². The quantitative estimate of drug-likeness (QED) is 0.601. The average Bonchev–Trinajstić information content (AvgIpc) is 2.45. The molecular weight excluding hydrogens is 170 g/mol. The molecule has 1 aromatic heterocycles. The second-order valence-corrected chi connectivity index (χ2v) is 2.97. The zero-order valence-corrected chi connectivity index (χ0v) is 9.12. The molecule has 0 unspecified atom stereocenters. The molecule has 14 heavy (non-hydrogen) atoms. The Labute approximate surface area is 86.2 Å². The number of fused-ring (bicyclic) bond motifs is 1. The third kappa shape index (κ3) is 2.56. The Balaban J connectivity index is 0.000000461. The number of aryl methyl sites for hydroxylation is 1. The molecule has 1 heterocycles. The van der Waals surface area contributed by atoms with Crippen molar-refractivity contribution < 1.29 is 0 Å². The first-order valence-electron chi connectivity index (χ1n) is 5.17. The molecule has 1 heteroatoms. The lowest BCUT2D eigenvalue weighted by molar-refractivity contribution is 1.17. The Morgan fingerprint density at radius 1 is 1.07 bits per heavy atom. The molecule has 0 aliphatic heterocycles. The monoisotopic (exact) mass is 187 g/mol. The summed E-state index contributed by atoms with van der Waals surface area (Å²) < 4.78 is 0. The van der Waals surface area contributed by atoms with E-state index >= 15 is 0 Å². The van der Waals surface area contributed by atoms with E-state index in [1.165, 1.54) is 5.56 Å². The smallest absolute Gasteiger partial charge is 0.0701 e. The maximum atomic E-state index is 4.44. The van der Waals surface area contributed by atoms with Gasteiger partial charge < -0.3 is 0 Å². The molecule has 1 aromatic rings. The van der Waals surface area contributed by atoms with Crippen molar-refractivity contribution in [3.8, 4) is 0 Å². The normalized spacial score (nSPS) is 12.5. The van der Waals surface area contributed by atoms with E-state index < -0.39 is 0 Å². The van der Waals surface area contributed by atoms with Gasteiger partial charge in [0.15, 0.2) is 0 Å². The van der Waals surface area contributed by atoms with Crippen molar-refractivity contribution in [2.75, 3.05) is 0 Å². The molecule has 0 saturated heterocycles. The van der Waals surface area contributed by atoms with Gasteiger partial charge in [0, 0.05) is 5.69 Å². The minimum absolute atomic E-state index is 1.01. The van der Waals surface area contributed by atoms with Crippen molar-refractivity contribution in [3.63, 3.8) is 0 Å². The number of nitrogens with zero attached hydrogens (tertiary/aromatic N) is 1. The van der Waals surface area contributed by atoms with Gasteiger partial charge in [-0.1, -0.05) is 38.1 Å². The maximum Gasteiger partial charge on any atom is 0.0701 e. The Morgan fingerprint density at radius 2 is 1.79 bits per heavy atom. The molecule has 0 radical (unpaired) electrons. The lowest BCUT2D eigenvalue weighted by Crippen LogP contribution is -1.88. The highest BCUT2D eigenvalue weighted by Gasteiger charge is 1.99. The number of rotatable bonds is 0.